The fourth-order valence-corrected chi connectivity index (χ4v) is 3.31. The Morgan fingerprint density at radius 1 is 1.03 bits per heavy atom. The number of hydrogen-bond acceptors (Lipinski definition) is 5. The van der Waals surface area contributed by atoms with Gasteiger partial charge in [-0.3, -0.25) is 14.3 Å². The Bertz CT molecular complexity index is 942. The molecule has 1 aromatic heterocycles. The summed E-state index contributed by atoms with van der Waals surface area (Å²) < 4.78 is 1.48. The monoisotopic (exact) mass is 410 g/mol. The maximum Gasteiger partial charge on any atom is 0.241 e. The summed E-state index contributed by atoms with van der Waals surface area (Å²) in [6.07, 6.45) is 3.82. The van der Waals surface area contributed by atoms with Crippen LogP contribution in [0.25, 0.3) is 0 Å². The summed E-state index contributed by atoms with van der Waals surface area (Å²) in [5, 5.41) is 19.0. The first-order chi connectivity index (χ1) is 14.1. The van der Waals surface area contributed by atoms with E-state index in [1.807, 2.05) is 42.5 Å². The number of aromatic hydroxyl groups is 1. The maximum absolute atomic E-state index is 12.1. The van der Waals surface area contributed by atoms with Gasteiger partial charge >= 0.3 is 0 Å². The molecule has 2 amide bonds. The Balaban J connectivity index is 1.38. The number of thioether (sulfide) groups is 1. The number of carbonyl (C=O) groups excluding carboxylic acids is 2. The van der Waals surface area contributed by atoms with Gasteiger partial charge in [-0.2, -0.15) is 5.10 Å². The van der Waals surface area contributed by atoms with Crippen molar-refractivity contribution in [3.63, 3.8) is 0 Å². The lowest BCUT2D eigenvalue weighted by Gasteiger charge is -2.06. The van der Waals surface area contributed by atoms with Crippen molar-refractivity contribution in [3.05, 3.63) is 72.6 Å². The van der Waals surface area contributed by atoms with Crippen LogP contribution in [-0.2, 0) is 22.6 Å². The highest BCUT2D eigenvalue weighted by molar-refractivity contribution is 8.00. The van der Waals surface area contributed by atoms with Crippen molar-refractivity contribution in [1.82, 2.24) is 15.1 Å². The molecule has 3 aromatic rings. The zero-order chi connectivity index (χ0) is 20.5. The minimum atomic E-state index is -0.163. The van der Waals surface area contributed by atoms with Gasteiger partial charge in [0.15, 0.2) is 0 Å². The van der Waals surface area contributed by atoms with Crippen LogP contribution in [0.2, 0.25) is 0 Å². The maximum atomic E-state index is 12.1. The molecular formula is C21H22N4O3S. The van der Waals surface area contributed by atoms with Gasteiger partial charge in [-0.1, -0.05) is 30.3 Å². The molecule has 8 heteroatoms. The number of aromatic nitrogens is 2. The van der Waals surface area contributed by atoms with E-state index in [0.717, 1.165) is 10.5 Å². The third-order valence-corrected chi connectivity index (χ3v) is 5.02. The average Bonchev–Trinajstić information content (AvgIpc) is 3.15. The van der Waals surface area contributed by atoms with E-state index in [4.69, 9.17) is 0 Å². The van der Waals surface area contributed by atoms with Gasteiger partial charge in [0, 0.05) is 17.6 Å². The molecule has 3 rings (SSSR count). The van der Waals surface area contributed by atoms with E-state index >= 15 is 0 Å². The zero-order valence-electron chi connectivity index (χ0n) is 15.7. The molecule has 0 radical (unpaired) electrons. The molecule has 3 N–H and O–H groups in total. The van der Waals surface area contributed by atoms with Crippen LogP contribution in [0.3, 0.4) is 0 Å². The smallest absolute Gasteiger partial charge is 0.241 e. The van der Waals surface area contributed by atoms with Gasteiger partial charge in [-0.15, -0.1) is 11.8 Å². The Hall–Kier alpha value is -3.26. The fourth-order valence-electron chi connectivity index (χ4n) is 2.59. The molecular weight excluding hydrogens is 388 g/mol. The fraction of sp³-hybridized carbons (Fsp3) is 0.190. The van der Waals surface area contributed by atoms with Gasteiger partial charge in [0.1, 0.15) is 12.3 Å². The van der Waals surface area contributed by atoms with Gasteiger partial charge < -0.3 is 15.7 Å². The number of carbonyl (C=O) groups is 2. The van der Waals surface area contributed by atoms with Crippen molar-refractivity contribution >= 4 is 29.3 Å². The molecule has 0 saturated heterocycles. The van der Waals surface area contributed by atoms with E-state index < -0.39 is 0 Å². The van der Waals surface area contributed by atoms with Crippen LogP contribution in [-0.4, -0.2) is 39.0 Å². The second-order valence-electron chi connectivity index (χ2n) is 6.34. The highest BCUT2D eigenvalue weighted by Gasteiger charge is 2.08. The van der Waals surface area contributed by atoms with Gasteiger partial charge in [-0.05, 0) is 36.2 Å². The quantitative estimate of drug-likeness (QED) is 0.472. The normalized spacial score (nSPS) is 10.5. The lowest BCUT2D eigenvalue weighted by Crippen LogP contribution is -2.29. The summed E-state index contributed by atoms with van der Waals surface area (Å²) in [5.74, 6) is 0.228. The lowest BCUT2D eigenvalue weighted by molar-refractivity contribution is -0.121. The van der Waals surface area contributed by atoms with Crippen molar-refractivity contribution < 1.29 is 14.7 Å². The summed E-state index contributed by atoms with van der Waals surface area (Å²) in [7, 11) is 0. The number of phenols is 1. The molecule has 0 aliphatic carbocycles. The predicted octanol–water partition coefficient (Wildman–Crippen LogP) is 2.68. The van der Waals surface area contributed by atoms with Crippen LogP contribution in [0, 0.1) is 0 Å². The predicted molar refractivity (Wildman–Crippen MR) is 113 cm³/mol. The van der Waals surface area contributed by atoms with E-state index in [-0.39, 0.29) is 24.1 Å². The number of nitrogens with zero attached hydrogens (tertiary/aromatic N) is 2. The van der Waals surface area contributed by atoms with Gasteiger partial charge in [0.25, 0.3) is 0 Å². The van der Waals surface area contributed by atoms with Crippen molar-refractivity contribution in [2.45, 2.75) is 17.9 Å². The number of anilines is 1. The third-order valence-electron chi connectivity index (χ3n) is 4.01. The first-order valence-corrected chi connectivity index (χ1v) is 10.1. The first-order valence-electron chi connectivity index (χ1n) is 9.13. The molecule has 0 spiro atoms. The zero-order valence-corrected chi connectivity index (χ0v) is 16.6. The molecule has 1 heterocycles. The van der Waals surface area contributed by atoms with Crippen LogP contribution < -0.4 is 10.6 Å². The number of benzene rings is 2. The summed E-state index contributed by atoms with van der Waals surface area (Å²) >= 11 is 1.46. The average molecular weight is 410 g/mol. The number of phenolic OH excluding ortho intramolecular Hbond substituents is 1. The van der Waals surface area contributed by atoms with Crippen molar-refractivity contribution in [3.8, 4) is 5.75 Å². The molecule has 0 atom stereocenters. The second-order valence-corrected chi connectivity index (χ2v) is 7.39. The van der Waals surface area contributed by atoms with Crippen molar-refractivity contribution in [2.24, 2.45) is 0 Å². The lowest BCUT2D eigenvalue weighted by atomic mass is 10.1. The largest absolute Gasteiger partial charge is 0.508 e. The van der Waals surface area contributed by atoms with Crippen LogP contribution >= 0.6 is 11.8 Å². The standard InChI is InChI=1S/C21H22N4O3S/c26-18-8-6-16(7-9-18)10-11-22-20(27)14-25-13-17(12-23-25)24-21(28)15-29-19-4-2-1-3-5-19/h1-9,12-13,26H,10-11,14-15H2,(H,22,27)(H,24,28). The molecule has 0 bridgehead atoms. The second kappa shape index (κ2) is 10.3. The summed E-state index contributed by atoms with van der Waals surface area (Å²) in [5.41, 5.74) is 1.58. The number of amides is 2. The molecule has 0 fully saturated rings. The first kappa shape index (κ1) is 20.5. The van der Waals surface area contributed by atoms with Gasteiger partial charge in [0.05, 0.1) is 17.6 Å². The Labute approximate surface area is 173 Å². The van der Waals surface area contributed by atoms with E-state index in [1.54, 1.807) is 18.3 Å². The minimum absolute atomic E-state index is 0.0736. The van der Waals surface area contributed by atoms with E-state index in [9.17, 15) is 14.7 Å². The van der Waals surface area contributed by atoms with Gasteiger partial charge in [0.2, 0.25) is 11.8 Å². The number of rotatable bonds is 9. The molecule has 29 heavy (non-hydrogen) atoms. The van der Waals surface area contributed by atoms with Gasteiger partial charge in [-0.25, -0.2) is 0 Å². The summed E-state index contributed by atoms with van der Waals surface area (Å²) in [6.45, 7) is 0.565. The number of hydrogen-bond donors (Lipinski definition) is 3. The Kier molecular flexibility index (Phi) is 7.29. The molecule has 7 nitrogen and oxygen atoms in total. The summed E-state index contributed by atoms with van der Waals surface area (Å²) in [4.78, 5) is 25.1. The van der Waals surface area contributed by atoms with Crippen LogP contribution in [0.1, 0.15) is 5.56 Å². The van der Waals surface area contributed by atoms with E-state index in [2.05, 4.69) is 15.7 Å². The SMILES string of the molecule is O=C(Cn1cc(NC(=O)CSc2ccccc2)cn1)NCCc1ccc(O)cc1. The van der Waals surface area contributed by atoms with Crippen LogP contribution in [0.15, 0.2) is 71.9 Å². The van der Waals surface area contributed by atoms with E-state index in [1.165, 1.54) is 22.6 Å². The summed E-state index contributed by atoms with van der Waals surface area (Å²) in [6, 6.07) is 16.6. The Morgan fingerprint density at radius 3 is 2.55 bits per heavy atom. The van der Waals surface area contributed by atoms with Crippen molar-refractivity contribution in [1.29, 1.82) is 0 Å². The Morgan fingerprint density at radius 2 is 1.79 bits per heavy atom. The molecule has 0 aliphatic rings. The van der Waals surface area contributed by atoms with Crippen LogP contribution in [0.5, 0.6) is 5.75 Å². The highest BCUT2D eigenvalue weighted by Crippen LogP contribution is 2.17. The minimum Gasteiger partial charge on any atom is -0.508 e. The molecule has 2 aromatic carbocycles. The molecule has 0 aliphatic heterocycles. The highest BCUT2D eigenvalue weighted by atomic mass is 32.2. The molecule has 150 valence electrons. The topological polar surface area (TPSA) is 96.2 Å². The van der Waals surface area contributed by atoms with E-state index in [0.29, 0.717) is 24.4 Å². The third kappa shape index (κ3) is 7.00. The van der Waals surface area contributed by atoms with Crippen LogP contribution in [0.4, 0.5) is 5.69 Å². The van der Waals surface area contributed by atoms with Crippen molar-refractivity contribution in [2.75, 3.05) is 17.6 Å². The molecule has 0 saturated carbocycles. The number of nitrogens with one attached hydrogen (secondary N) is 2. The molecule has 0 unspecified atom stereocenters.